The molecule has 168 valence electrons. The number of nitrogens with one attached hydrogen (secondary N) is 1. The quantitative estimate of drug-likeness (QED) is 0.597. The minimum Gasteiger partial charge on any atom is -0.352 e. The average Bonchev–Trinajstić information content (AvgIpc) is 3.31. The summed E-state index contributed by atoms with van der Waals surface area (Å²) < 4.78 is 27.0. The predicted molar refractivity (Wildman–Crippen MR) is 124 cm³/mol. The van der Waals surface area contributed by atoms with E-state index in [9.17, 15) is 13.2 Å². The van der Waals surface area contributed by atoms with E-state index >= 15 is 0 Å². The van der Waals surface area contributed by atoms with Gasteiger partial charge in [-0.15, -0.1) is 0 Å². The van der Waals surface area contributed by atoms with Crippen molar-refractivity contribution < 1.29 is 13.2 Å². The predicted octanol–water partition coefficient (Wildman–Crippen LogP) is 2.89. The van der Waals surface area contributed by atoms with E-state index in [1.165, 1.54) is 10.6 Å². The molecule has 1 atom stereocenters. The molecule has 0 spiro atoms. The second-order valence-electron chi connectivity index (χ2n) is 8.24. The third-order valence-corrected chi connectivity index (χ3v) is 7.13. The Morgan fingerprint density at radius 2 is 1.91 bits per heavy atom. The molecule has 3 aromatic rings. The van der Waals surface area contributed by atoms with E-state index in [2.05, 4.69) is 40.7 Å². The Labute approximate surface area is 189 Å². The smallest absolute Gasteiger partial charge is 0.224 e. The lowest BCUT2D eigenvalue weighted by atomic mass is 9.97. The molecule has 2 heterocycles. The summed E-state index contributed by atoms with van der Waals surface area (Å²) in [4.78, 5) is 12.7. The number of hydrogen-bond donors (Lipinski definition) is 1. The molecule has 1 unspecified atom stereocenters. The molecule has 1 aliphatic rings. The summed E-state index contributed by atoms with van der Waals surface area (Å²) in [6, 6.07) is 18.3. The van der Waals surface area contributed by atoms with E-state index < -0.39 is 10.0 Å². The maximum atomic E-state index is 12.7. The largest absolute Gasteiger partial charge is 0.352 e. The maximum absolute atomic E-state index is 12.7. The first-order valence-electron chi connectivity index (χ1n) is 10.8. The van der Waals surface area contributed by atoms with E-state index in [1.807, 2.05) is 35.1 Å². The molecule has 1 aliphatic heterocycles. The second kappa shape index (κ2) is 9.67. The van der Waals surface area contributed by atoms with Crippen LogP contribution in [0.5, 0.6) is 0 Å². The van der Waals surface area contributed by atoms with Crippen molar-refractivity contribution in [2.45, 2.75) is 25.9 Å². The van der Waals surface area contributed by atoms with Crippen LogP contribution < -0.4 is 5.32 Å². The Kier molecular flexibility index (Phi) is 6.72. The van der Waals surface area contributed by atoms with E-state index in [4.69, 9.17) is 0 Å². The third-order valence-electron chi connectivity index (χ3n) is 5.86. The van der Waals surface area contributed by atoms with Crippen LogP contribution in [0.15, 0.2) is 67.0 Å². The number of piperidine rings is 1. The summed E-state index contributed by atoms with van der Waals surface area (Å²) in [6.07, 6.45) is 6.31. The normalized spacial score (nSPS) is 17.2. The van der Waals surface area contributed by atoms with Crippen molar-refractivity contribution in [3.63, 3.8) is 0 Å². The Bertz CT molecular complexity index is 1160. The van der Waals surface area contributed by atoms with Crippen LogP contribution in [-0.2, 0) is 27.9 Å². The van der Waals surface area contributed by atoms with Crippen molar-refractivity contribution in [3.05, 3.63) is 78.1 Å². The van der Waals surface area contributed by atoms with Gasteiger partial charge in [-0.3, -0.25) is 9.48 Å². The Morgan fingerprint density at radius 3 is 2.62 bits per heavy atom. The molecule has 32 heavy (non-hydrogen) atoms. The SMILES string of the molecule is CS(=O)(=O)N1CCCC(C(=O)NCc2ccccc2-c2ccc(Cn3cccn3)cc2)C1. The van der Waals surface area contributed by atoms with Crippen LogP contribution in [-0.4, -0.2) is 47.8 Å². The summed E-state index contributed by atoms with van der Waals surface area (Å²) in [6.45, 7) is 1.86. The summed E-state index contributed by atoms with van der Waals surface area (Å²) in [5, 5.41) is 7.26. The molecule has 8 heteroatoms. The highest BCUT2D eigenvalue weighted by atomic mass is 32.2. The fourth-order valence-corrected chi connectivity index (χ4v) is 5.02. The molecule has 2 aromatic carbocycles. The van der Waals surface area contributed by atoms with Crippen LogP contribution in [0, 0.1) is 5.92 Å². The van der Waals surface area contributed by atoms with E-state index in [-0.39, 0.29) is 18.4 Å². The lowest BCUT2D eigenvalue weighted by Crippen LogP contribution is -2.44. The summed E-state index contributed by atoms with van der Waals surface area (Å²) in [5.41, 5.74) is 4.34. The first kappa shape index (κ1) is 22.2. The molecular formula is C24H28N4O3S. The molecule has 1 aromatic heterocycles. The van der Waals surface area contributed by atoms with Crippen LogP contribution in [0.3, 0.4) is 0 Å². The second-order valence-corrected chi connectivity index (χ2v) is 10.2. The molecule has 0 aliphatic carbocycles. The molecule has 1 saturated heterocycles. The zero-order chi connectivity index (χ0) is 22.6. The third kappa shape index (κ3) is 5.44. The zero-order valence-corrected chi connectivity index (χ0v) is 19.0. The van der Waals surface area contributed by atoms with Gasteiger partial charge in [-0.25, -0.2) is 12.7 Å². The number of hydrogen-bond acceptors (Lipinski definition) is 4. The lowest BCUT2D eigenvalue weighted by Gasteiger charge is -2.30. The highest BCUT2D eigenvalue weighted by molar-refractivity contribution is 7.88. The van der Waals surface area contributed by atoms with Gasteiger partial charge in [0.05, 0.1) is 18.7 Å². The van der Waals surface area contributed by atoms with Crippen molar-refractivity contribution in [1.29, 1.82) is 0 Å². The average molecular weight is 453 g/mol. The molecular weight excluding hydrogens is 424 g/mol. The fraction of sp³-hybridized carbons (Fsp3) is 0.333. The van der Waals surface area contributed by atoms with Gasteiger partial charge in [-0.05, 0) is 41.2 Å². The van der Waals surface area contributed by atoms with Gasteiger partial charge in [0.1, 0.15) is 0 Å². The number of carbonyl (C=O) groups excluding carboxylic acids is 1. The van der Waals surface area contributed by atoms with Gasteiger partial charge >= 0.3 is 0 Å². The lowest BCUT2D eigenvalue weighted by molar-refractivity contribution is -0.126. The molecule has 0 bridgehead atoms. The van der Waals surface area contributed by atoms with Crippen molar-refractivity contribution in [3.8, 4) is 11.1 Å². The van der Waals surface area contributed by atoms with E-state index in [1.54, 1.807) is 6.20 Å². The minimum absolute atomic E-state index is 0.0947. The molecule has 4 rings (SSSR count). The number of rotatable bonds is 7. The Hall–Kier alpha value is -2.97. The van der Waals surface area contributed by atoms with Gasteiger partial charge in [0.25, 0.3) is 0 Å². The van der Waals surface area contributed by atoms with Gasteiger partial charge in [0.2, 0.25) is 15.9 Å². The number of amides is 1. The summed E-state index contributed by atoms with van der Waals surface area (Å²) in [5.74, 6) is -0.407. The Balaban J connectivity index is 1.42. The standard InChI is InChI=1S/C24H28N4O3S/c1-32(30,31)28-15-4-7-22(18-28)24(29)25-16-21-6-2-3-8-23(21)20-11-9-19(10-12-20)17-27-14-5-13-26-27/h2-3,5-6,8-14,22H,4,7,15-18H2,1H3,(H,25,29). The summed E-state index contributed by atoms with van der Waals surface area (Å²) >= 11 is 0. The first-order valence-corrected chi connectivity index (χ1v) is 12.6. The number of carbonyl (C=O) groups is 1. The van der Waals surface area contributed by atoms with E-state index in [0.29, 0.717) is 25.9 Å². The van der Waals surface area contributed by atoms with Gasteiger partial charge in [-0.1, -0.05) is 48.5 Å². The van der Waals surface area contributed by atoms with Crippen LogP contribution in [0.25, 0.3) is 11.1 Å². The molecule has 1 fully saturated rings. The molecule has 0 radical (unpaired) electrons. The van der Waals surface area contributed by atoms with Crippen molar-refractivity contribution >= 4 is 15.9 Å². The highest BCUT2D eigenvalue weighted by Crippen LogP contribution is 2.25. The summed E-state index contributed by atoms with van der Waals surface area (Å²) in [7, 11) is -3.27. The first-order chi connectivity index (χ1) is 15.4. The molecule has 0 saturated carbocycles. The van der Waals surface area contributed by atoms with Crippen LogP contribution in [0.1, 0.15) is 24.0 Å². The van der Waals surface area contributed by atoms with Gasteiger partial charge in [0.15, 0.2) is 0 Å². The zero-order valence-electron chi connectivity index (χ0n) is 18.1. The molecule has 1 amide bonds. The van der Waals surface area contributed by atoms with E-state index in [0.717, 1.165) is 28.8 Å². The number of aromatic nitrogens is 2. The van der Waals surface area contributed by atoms with Crippen LogP contribution in [0.2, 0.25) is 0 Å². The monoisotopic (exact) mass is 452 g/mol. The Morgan fingerprint density at radius 1 is 1.12 bits per heavy atom. The van der Waals surface area contributed by atoms with Crippen molar-refractivity contribution in [2.75, 3.05) is 19.3 Å². The number of benzene rings is 2. The fourth-order valence-electron chi connectivity index (χ4n) is 4.11. The van der Waals surface area contributed by atoms with Gasteiger partial charge in [0, 0.05) is 32.0 Å². The topological polar surface area (TPSA) is 84.3 Å². The number of nitrogens with zero attached hydrogens (tertiary/aromatic N) is 3. The minimum atomic E-state index is -3.27. The highest BCUT2D eigenvalue weighted by Gasteiger charge is 2.30. The molecule has 7 nitrogen and oxygen atoms in total. The maximum Gasteiger partial charge on any atom is 0.224 e. The van der Waals surface area contributed by atoms with Crippen molar-refractivity contribution in [2.24, 2.45) is 5.92 Å². The molecule has 1 N–H and O–H groups in total. The van der Waals surface area contributed by atoms with Crippen LogP contribution >= 0.6 is 0 Å². The van der Waals surface area contributed by atoms with Gasteiger partial charge < -0.3 is 5.32 Å². The van der Waals surface area contributed by atoms with Crippen LogP contribution in [0.4, 0.5) is 0 Å². The van der Waals surface area contributed by atoms with Crippen molar-refractivity contribution in [1.82, 2.24) is 19.4 Å². The van der Waals surface area contributed by atoms with Gasteiger partial charge in [-0.2, -0.15) is 5.10 Å². The number of sulfonamides is 1.